The minimum atomic E-state index is -1.23. The van der Waals surface area contributed by atoms with E-state index in [0.717, 1.165) is 29.3 Å². The van der Waals surface area contributed by atoms with Gasteiger partial charge in [0.1, 0.15) is 11.6 Å². The number of ether oxygens (including phenoxy) is 1. The summed E-state index contributed by atoms with van der Waals surface area (Å²) in [5.74, 6) is -1.59. The summed E-state index contributed by atoms with van der Waals surface area (Å²) < 4.78 is 5.67. The van der Waals surface area contributed by atoms with Crippen molar-refractivity contribution in [1.29, 1.82) is 0 Å². The van der Waals surface area contributed by atoms with Crippen LogP contribution in [0.4, 0.5) is 11.4 Å². The molecule has 3 aromatic carbocycles. The zero-order chi connectivity index (χ0) is 30.3. The first-order valence-corrected chi connectivity index (χ1v) is 13.1. The van der Waals surface area contributed by atoms with E-state index in [4.69, 9.17) is 4.74 Å². The van der Waals surface area contributed by atoms with E-state index in [-0.39, 0.29) is 11.6 Å². The highest BCUT2D eigenvalue weighted by molar-refractivity contribution is 5.98. The van der Waals surface area contributed by atoms with Crippen LogP contribution < -0.4 is 5.32 Å². The number of nitrogens with zero attached hydrogens (tertiary/aromatic N) is 3. The third kappa shape index (κ3) is 8.42. The van der Waals surface area contributed by atoms with Gasteiger partial charge in [0.15, 0.2) is 0 Å². The van der Waals surface area contributed by atoms with Gasteiger partial charge in [-0.15, -0.1) is 0 Å². The van der Waals surface area contributed by atoms with Crippen molar-refractivity contribution in [1.82, 2.24) is 10.2 Å². The first-order chi connectivity index (χ1) is 19.3. The second kappa shape index (κ2) is 13.1. The highest BCUT2D eigenvalue weighted by Crippen LogP contribution is 2.28. The fraction of sp³-hybridized carbons (Fsp3) is 0.333. The summed E-state index contributed by atoms with van der Waals surface area (Å²) in [6.07, 6.45) is 0. The second-order valence-corrected chi connectivity index (χ2v) is 10.7. The number of carbonyl (C=O) groups is 2. The van der Waals surface area contributed by atoms with E-state index >= 15 is 0 Å². The number of benzene rings is 3. The number of nitro benzene ring substituents is 2. The molecule has 216 valence electrons. The second-order valence-electron chi connectivity index (χ2n) is 10.7. The van der Waals surface area contributed by atoms with Crippen LogP contribution in [0.25, 0.3) is 0 Å². The number of nitro groups is 2. The van der Waals surface area contributed by atoms with Crippen molar-refractivity contribution in [3.63, 3.8) is 0 Å². The SMILES string of the molecule is C[C@H](c1ccccc1)N(Cc1ccccc1)[C@H](C)[C@@H](NC(=O)c1cc([N+](=O)[O-])cc([N+](=O)[O-])c1)C(=O)OC(C)(C)C. The third-order valence-electron chi connectivity index (χ3n) is 6.53. The zero-order valence-electron chi connectivity index (χ0n) is 23.6. The number of hydrogen-bond acceptors (Lipinski definition) is 8. The summed E-state index contributed by atoms with van der Waals surface area (Å²) in [7, 11) is 0. The van der Waals surface area contributed by atoms with E-state index in [9.17, 15) is 29.8 Å². The Hall–Kier alpha value is -4.64. The molecule has 1 N–H and O–H groups in total. The smallest absolute Gasteiger partial charge is 0.330 e. The van der Waals surface area contributed by atoms with Crippen molar-refractivity contribution in [2.24, 2.45) is 0 Å². The zero-order valence-corrected chi connectivity index (χ0v) is 23.6. The van der Waals surface area contributed by atoms with E-state index in [0.29, 0.717) is 6.54 Å². The van der Waals surface area contributed by atoms with Gasteiger partial charge in [-0.1, -0.05) is 60.7 Å². The van der Waals surface area contributed by atoms with Crippen LogP contribution in [-0.2, 0) is 16.1 Å². The molecule has 3 atom stereocenters. The molecule has 0 heterocycles. The number of non-ortho nitro benzene ring substituents is 2. The molecule has 0 bridgehead atoms. The molecule has 0 radical (unpaired) electrons. The van der Waals surface area contributed by atoms with Crippen molar-refractivity contribution in [2.75, 3.05) is 0 Å². The van der Waals surface area contributed by atoms with Crippen molar-refractivity contribution in [3.05, 3.63) is 116 Å². The van der Waals surface area contributed by atoms with Gasteiger partial charge in [-0.25, -0.2) is 4.79 Å². The minimum Gasteiger partial charge on any atom is -0.458 e. The Bertz CT molecular complexity index is 1360. The molecule has 41 heavy (non-hydrogen) atoms. The van der Waals surface area contributed by atoms with E-state index in [1.165, 1.54) is 0 Å². The van der Waals surface area contributed by atoms with Gasteiger partial charge in [0.2, 0.25) is 0 Å². The number of nitrogens with one attached hydrogen (secondary N) is 1. The maximum Gasteiger partial charge on any atom is 0.330 e. The molecule has 0 aromatic heterocycles. The van der Waals surface area contributed by atoms with Gasteiger partial charge in [-0.05, 0) is 45.7 Å². The summed E-state index contributed by atoms with van der Waals surface area (Å²) in [6, 6.07) is 19.9. The quantitative estimate of drug-likeness (QED) is 0.181. The average Bonchev–Trinajstić information content (AvgIpc) is 2.93. The number of hydrogen-bond donors (Lipinski definition) is 1. The van der Waals surface area contributed by atoms with E-state index in [1.807, 2.05) is 67.6 Å². The van der Waals surface area contributed by atoms with Crippen LogP contribution >= 0.6 is 0 Å². The van der Waals surface area contributed by atoms with Gasteiger partial charge in [0.05, 0.1) is 21.5 Å². The first kappa shape index (κ1) is 30.9. The Kier molecular flexibility index (Phi) is 9.90. The Morgan fingerprint density at radius 1 is 0.878 bits per heavy atom. The lowest BCUT2D eigenvalue weighted by Gasteiger charge is -2.39. The summed E-state index contributed by atoms with van der Waals surface area (Å²) in [5, 5.41) is 25.4. The van der Waals surface area contributed by atoms with Gasteiger partial charge in [-0.2, -0.15) is 0 Å². The largest absolute Gasteiger partial charge is 0.458 e. The van der Waals surface area contributed by atoms with Crippen LogP contribution in [-0.4, -0.2) is 44.3 Å². The molecule has 0 saturated heterocycles. The lowest BCUT2D eigenvalue weighted by atomic mass is 9.99. The Morgan fingerprint density at radius 3 is 1.88 bits per heavy atom. The van der Waals surface area contributed by atoms with E-state index in [2.05, 4.69) is 10.2 Å². The Balaban J connectivity index is 2.05. The molecule has 3 rings (SSSR count). The average molecular weight is 563 g/mol. The molecule has 0 fully saturated rings. The lowest BCUT2D eigenvalue weighted by Crippen LogP contribution is -2.56. The number of amides is 1. The number of esters is 1. The number of rotatable bonds is 11. The Morgan fingerprint density at radius 2 is 1.39 bits per heavy atom. The molecular weight excluding hydrogens is 528 g/mol. The van der Waals surface area contributed by atoms with Gasteiger partial charge in [0, 0.05) is 30.8 Å². The third-order valence-corrected chi connectivity index (χ3v) is 6.53. The predicted molar refractivity (Wildman–Crippen MR) is 153 cm³/mol. The highest BCUT2D eigenvalue weighted by atomic mass is 16.6. The Labute approximate surface area is 238 Å². The minimum absolute atomic E-state index is 0.202. The van der Waals surface area contributed by atoms with Crippen LogP contribution in [0.5, 0.6) is 0 Å². The standard InChI is InChI=1S/C30H34N4O7/c1-20(23-14-10-7-11-15-23)32(19-22-12-8-6-9-13-22)21(2)27(29(36)41-30(3,4)5)31-28(35)24-16-25(33(37)38)18-26(17-24)34(39)40/h6-18,20-21,27H,19H2,1-5H3,(H,31,35)/t20-,21-,27-/m1/s1. The molecule has 0 unspecified atom stereocenters. The van der Waals surface area contributed by atoms with Gasteiger partial charge in [-0.3, -0.25) is 29.9 Å². The molecule has 11 heteroatoms. The lowest BCUT2D eigenvalue weighted by molar-refractivity contribution is -0.394. The molecule has 3 aromatic rings. The molecule has 0 aliphatic heterocycles. The monoisotopic (exact) mass is 562 g/mol. The maximum absolute atomic E-state index is 13.6. The first-order valence-electron chi connectivity index (χ1n) is 13.1. The van der Waals surface area contributed by atoms with Crippen LogP contribution in [0.1, 0.15) is 62.1 Å². The number of carbonyl (C=O) groups excluding carboxylic acids is 2. The normalized spacial score (nSPS) is 13.6. The van der Waals surface area contributed by atoms with Crippen LogP contribution in [0.15, 0.2) is 78.9 Å². The fourth-order valence-electron chi connectivity index (χ4n) is 4.45. The van der Waals surface area contributed by atoms with Crippen molar-refractivity contribution < 1.29 is 24.2 Å². The molecule has 11 nitrogen and oxygen atoms in total. The van der Waals surface area contributed by atoms with Crippen LogP contribution in [0.2, 0.25) is 0 Å². The van der Waals surface area contributed by atoms with Gasteiger partial charge < -0.3 is 10.1 Å². The summed E-state index contributed by atoms with van der Waals surface area (Å²) in [5.41, 5.74) is -0.467. The molecular formula is C30H34N4O7. The molecule has 0 saturated carbocycles. The molecule has 1 amide bonds. The molecule has 0 aliphatic carbocycles. The summed E-state index contributed by atoms with van der Waals surface area (Å²) in [4.78, 5) is 50.2. The summed E-state index contributed by atoms with van der Waals surface area (Å²) in [6.45, 7) is 9.31. The van der Waals surface area contributed by atoms with Gasteiger partial charge >= 0.3 is 5.97 Å². The van der Waals surface area contributed by atoms with Crippen molar-refractivity contribution in [3.8, 4) is 0 Å². The fourth-order valence-corrected chi connectivity index (χ4v) is 4.45. The van der Waals surface area contributed by atoms with Crippen molar-refractivity contribution in [2.45, 2.75) is 64.9 Å². The predicted octanol–water partition coefficient (Wildman–Crippen LogP) is 5.60. The maximum atomic E-state index is 13.6. The molecule has 0 spiro atoms. The molecule has 0 aliphatic rings. The topological polar surface area (TPSA) is 145 Å². The summed E-state index contributed by atoms with van der Waals surface area (Å²) >= 11 is 0. The van der Waals surface area contributed by atoms with Crippen LogP contribution in [0, 0.1) is 20.2 Å². The van der Waals surface area contributed by atoms with E-state index in [1.54, 1.807) is 27.7 Å². The van der Waals surface area contributed by atoms with Gasteiger partial charge in [0.25, 0.3) is 17.3 Å². The van der Waals surface area contributed by atoms with E-state index < -0.39 is 50.8 Å². The highest BCUT2D eigenvalue weighted by Gasteiger charge is 2.37. The van der Waals surface area contributed by atoms with Crippen LogP contribution in [0.3, 0.4) is 0 Å². The van der Waals surface area contributed by atoms with Crippen molar-refractivity contribution >= 4 is 23.3 Å².